The highest BCUT2D eigenvalue weighted by Gasteiger charge is 2.12. The molecule has 0 aromatic carbocycles. The number of rotatable bonds is 5. The summed E-state index contributed by atoms with van der Waals surface area (Å²) in [6, 6.07) is 4.52. The van der Waals surface area contributed by atoms with Crippen molar-refractivity contribution in [3.63, 3.8) is 0 Å². The second kappa shape index (κ2) is 5.73. The van der Waals surface area contributed by atoms with Crippen molar-refractivity contribution >= 4 is 11.5 Å². The number of hydrogen-bond donors (Lipinski definition) is 1. The summed E-state index contributed by atoms with van der Waals surface area (Å²) in [6.45, 7) is 6.71. The Morgan fingerprint density at radius 2 is 2.06 bits per heavy atom. The van der Waals surface area contributed by atoms with Gasteiger partial charge in [0.05, 0.1) is 5.69 Å². The Morgan fingerprint density at radius 1 is 1.38 bits per heavy atom. The van der Waals surface area contributed by atoms with Crippen LogP contribution in [-0.2, 0) is 0 Å². The maximum Gasteiger partial charge on any atom is 0.151 e. The highest BCUT2D eigenvalue weighted by atomic mass is 15.2. The number of hydrogen-bond acceptors (Lipinski definition) is 3. The molecule has 16 heavy (non-hydrogen) atoms. The lowest BCUT2D eigenvalue weighted by Crippen LogP contribution is -2.25. The zero-order valence-electron chi connectivity index (χ0n) is 11.0. The average molecular weight is 221 g/mol. The average Bonchev–Trinajstić information content (AvgIpc) is 2.28. The molecule has 1 aromatic rings. The summed E-state index contributed by atoms with van der Waals surface area (Å²) in [7, 11) is 4.03. The Kier molecular flexibility index (Phi) is 4.59. The molecule has 90 valence electrons. The lowest BCUT2D eigenvalue weighted by Gasteiger charge is -2.24. The van der Waals surface area contributed by atoms with Gasteiger partial charge in [-0.15, -0.1) is 0 Å². The standard InChI is InChI=1S/C13H23N3/c1-6-10(2)11(3)15-12-8-7-9-14-13(12)16(4)5/h7-11,15H,6H2,1-5H3. The highest BCUT2D eigenvalue weighted by molar-refractivity contribution is 5.65. The third-order valence-electron chi connectivity index (χ3n) is 3.09. The van der Waals surface area contributed by atoms with Crippen molar-refractivity contribution in [1.29, 1.82) is 0 Å². The van der Waals surface area contributed by atoms with Crippen LogP contribution >= 0.6 is 0 Å². The first-order valence-electron chi connectivity index (χ1n) is 5.95. The molecular weight excluding hydrogens is 198 g/mol. The van der Waals surface area contributed by atoms with E-state index in [2.05, 4.69) is 37.1 Å². The van der Waals surface area contributed by atoms with Crippen LogP contribution in [0.15, 0.2) is 18.3 Å². The summed E-state index contributed by atoms with van der Waals surface area (Å²) in [5, 5.41) is 3.54. The molecule has 0 radical (unpaired) electrons. The summed E-state index contributed by atoms with van der Waals surface area (Å²) >= 11 is 0. The Labute approximate surface area is 98.9 Å². The first kappa shape index (κ1) is 12.8. The summed E-state index contributed by atoms with van der Waals surface area (Å²) in [4.78, 5) is 6.41. The molecule has 1 N–H and O–H groups in total. The maximum absolute atomic E-state index is 4.38. The van der Waals surface area contributed by atoms with Gasteiger partial charge >= 0.3 is 0 Å². The van der Waals surface area contributed by atoms with Crippen molar-refractivity contribution in [3.05, 3.63) is 18.3 Å². The van der Waals surface area contributed by atoms with E-state index in [4.69, 9.17) is 0 Å². The molecule has 1 aromatic heterocycles. The molecule has 3 nitrogen and oxygen atoms in total. The fraction of sp³-hybridized carbons (Fsp3) is 0.615. The zero-order valence-corrected chi connectivity index (χ0v) is 11.0. The van der Waals surface area contributed by atoms with E-state index in [9.17, 15) is 0 Å². The minimum atomic E-state index is 0.466. The maximum atomic E-state index is 4.38. The van der Waals surface area contributed by atoms with Crippen LogP contribution in [0.3, 0.4) is 0 Å². The molecule has 2 unspecified atom stereocenters. The number of aromatic nitrogens is 1. The molecule has 0 aliphatic heterocycles. The third-order valence-corrected chi connectivity index (χ3v) is 3.09. The van der Waals surface area contributed by atoms with Gasteiger partial charge in [0.25, 0.3) is 0 Å². The van der Waals surface area contributed by atoms with Crippen LogP contribution in [0.4, 0.5) is 11.5 Å². The van der Waals surface area contributed by atoms with E-state index in [0.29, 0.717) is 12.0 Å². The second-order valence-electron chi connectivity index (χ2n) is 4.59. The van der Waals surface area contributed by atoms with Crippen LogP contribution in [0.2, 0.25) is 0 Å². The van der Waals surface area contributed by atoms with Gasteiger partial charge in [0.1, 0.15) is 0 Å². The van der Waals surface area contributed by atoms with Gasteiger partial charge in [0.2, 0.25) is 0 Å². The summed E-state index contributed by atoms with van der Waals surface area (Å²) in [5.74, 6) is 1.66. The summed E-state index contributed by atoms with van der Waals surface area (Å²) in [5.41, 5.74) is 1.11. The molecule has 0 saturated heterocycles. The SMILES string of the molecule is CCC(C)C(C)Nc1cccnc1N(C)C. The van der Waals surface area contributed by atoms with Gasteiger partial charge in [-0.3, -0.25) is 0 Å². The Hall–Kier alpha value is -1.25. The van der Waals surface area contributed by atoms with E-state index < -0.39 is 0 Å². The topological polar surface area (TPSA) is 28.2 Å². The van der Waals surface area contributed by atoms with Crippen LogP contribution in [0.1, 0.15) is 27.2 Å². The number of pyridine rings is 1. The number of nitrogens with one attached hydrogen (secondary N) is 1. The van der Waals surface area contributed by atoms with Crippen molar-refractivity contribution in [3.8, 4) is 0 Å². The molecule has 1 heterocycles. The van der Waals surface area contributed by atoms with Crippen molar-refractivity contribution in [2.75, 3.05) is 24.3 Å². The van der Waals surface area contributed by atoms with Crippen molar-refractivity contribution < 1.29 is 0 Å². The third kappa shape index (κ3) is 3.12. The van der Waals surface area contributed by atoms with Crippen LogP contribution < -0.4 is 10.2 Å². The monoisotopic (exact) mass is 221 g/mol. The lowest BCUT2D eigenvalue weighted by atomic mass is 10.0. The number of anilines is 2. The second-order valence-corrected chi connectivity index (χ2v) is 4.59. The van der Waals surface area contributed by atoms with Crippen LogP contribution in [0.5, 0.6) is 0 Å². The predicted octanol–water partition coefficient (Wildman–Crippen LogP) is 2.99. The van der Waals surface area contributed by atoms with E-state index in [1.54, 1.807) is 0 Å². The van der Waals surface area contributed by atoms with Crippen molar-refractivity contribution in [2.45, 2.75) is 33.2 Å². The smallest absolute Gasteiger partial charge is 0.151 e. The molecule has 2 atom stereocenters. The van der Waals surface area contributed by atoms with Gasteiger partial charge in [-0.25, -0.2) is 4.98 Å². The van der Waals surface area contributed by atoms with E-state index >= 15 is 0 Å². The van der Waals surface area contributed by atoms with Gasteiger partial charge in [-0.05, 0) is 25.0 Å². The van der Waals surface area contributed by atoms with Gasteiger partial charge in [-0.1, -0.05) is 20.3 Å². The molecule has 0 bridgehead atoms. The molecule has 3 heteroatoms. The van der Waals surface area contributed by atoms with E-state index in [0.717, 1.165) is 11.5 Å². The highest BCUT2D eigenvalue weighted by Crippen LogP contribution is 2.23. The zero-order chi connectivity index (χ0) is 12.1. The van der Waals surface area contributed by atoms with Gasteiger partial charge in [0.15, 0.2) is 5.82 Å². The molecule has 0 aliphatic rings. The predicted molar refractivity (Wildman–Crippen MR) is 71.1 cm³/mol. The summed E-state index contributed by atoms with van der Waals surface area (Å²) in [6.07, 6.45) is 3.01. The molecule has 0 aliphatic carbocycles. The van der Waals surface area contributed by atoms with Gasteiger partial charge in [0, 0.05) is 26.3 Å². The molecule has 1 rings (SSSR count). The van der Waals surface area contributed by atoms with E-state index in [1.807, 2.05) is 31.3 Å². The van der Waals surface area contributed by atoms with Crippen LogP contribution in [0, 0.1) is 5.92 Å². The van der Waals surface area contributed by atoms with Crippen LogP contribution in [0.25, 0.3) is 0 Å². The number of nitrogens with zero attached hydrogens (tertiary/aromatic N) is 2. The molecule has 0 spiro atoms. The van der Waals surface area contributed by atoms with E-state index in [-0.39, 0.29) is 0 Å². The van der Waals surface area contributed by atoms with E-state index in [1.165, 1.54) is 6.42 Å². The van der Waals surface area contributed by atoms with Crippen LogP contribution in [-0.4, -0.2) is 25.1 Å². The van der Waals surface area contributed by atoms with Gasteiger partial charge in [-0.2, -0.15) is 0 Å². The first-order chi connectivity index (χ1) is 7.56. The summed E-state index contributed by atoms with van der Waals surface area (Å²) < 4.78 is 0. The quantitative estimate of drug-likeness (QED) is 0.828. The minimum Gasteiger partial charge on any atom is -0.379 e. The minimum absolute atomic E-state index is 0.466. The molecule has 0 saturated carbocycles. The molecule has 0 amide bonds. The van der Waals surface area contributed by atoms with Gasteiger partial charge < -0.3 is 10.2 Å². The van der Waals surface area contributed by atoms with Crippen molar-refractivity contribution in [1.82, 2.24) is 4.98 Å². The fourth-order valence-electron chi connectivity index (χ4n) is 1.61. The van der Waals surface area contributed by atoms with Crippen molar-refractivity contribution in [2.24, 2.45) is 5.92 Å². The normalized spacial score (nSPS) is 14.3. The molecule has 0 fully saturated rings. The Bertz CT molecular complexity index is 323. The largest absolute Gasteiger partial charge is 0.379 e. The first-order valence-corrected chi connectivity index (χ1v) is 5.95. The lowest BCUT2D eigenvalue weighted by molar-refractivity contribution is 0.494. The fourth-order valence-corrected chi connectivity index (χ4v) is 1.61. The molecular formula is C13H23N3. The Morgan fingerprint density at radius 3 is 2.62 bits per heavy atom. The Balaban J connectivity index is 2.80.